The number of carbonyl (C=O) groups is 1. The van der Waals surface area contributed by atoms with Gasteiger partial charge in [-0.3, -0.25) is 9.69 Å². The summed E-state index contributed by atoms with van der Waals surface area (Å²) >= 11 is 5.53. The SMILES string of the molecule is CN1C(=O)[C@@H]2Cc3c([nH]c4ccccc34)[C@H](c3cccc(OC(F)(F)F)c3)N2C1=S. The summed E-state index contributed by atoms with van der Waals surface area (Å²) in [6, 6.07) is 12.5. The van der Waals surface area contributed by atoms with Crippen molar-refractivity contribution in [3.63, 3.8) is 0 Å². The fourth-order valence-electron chi connectivity index (χ4n) is 4.43. The summed E-state index contributed by atoms with van der Waals surface area (Å²) < 4.78 is 42.4. The normalized spacial score (nSPS) is 21.2. The first-order valence-electron chi connectivity index (χ1n) is 9.29. The van der Waals surface area contributed by atoms with Crippen molar-refractivity contribution in [2.75, 3.05) is 7.05 Å². The third-order valence-electron chi connectivity index (χ3n) is 5.66. The summed E-state index contributed by atoms with van der Waals surface area (Å²) in [7, 11) is 1.62. The summed E-state index contributed by atoms with van der Waals surface area (Å²) in [5, 5.41) is 1.34. The molecule has 0 bridgehead atoms. The Labute approximate surface area is 175 Å². The Hall–Kier alpha value is -3.07. The molecule has 2 atom stereocenters. The highest BCUT2D eigenvalue weighted by atomic mass is 32.1. The number of hydrogen-bond acceptors (Lipinski definition) is 3. The van der Waals surface area contributed by atoms with Crippen LogP contribution in [0.2, 0.25) is 0 Å². The number of amides is 1. The van der Waals surface area contributed by atoms with Gasteiger partial charge in [-0.25, -0.2) is 0 Å². The number of thiocarbonyl (C=S) groups is 1. The van der Waals surface area contributed by atoms with E-state index in [1.807, 2.05) is 29.2 Å². The van der Waals surface area contributed by atoms with Crippen LogP contribution in [0.1, 0.15) is 22.9 Å². The van der Waals surface area contributed by atoms with E-state index in [1.54, 1.807) is 13.1 Å². The predicted octanol–water partition coefficient (Wildman–Crippen LogP) is 4.14. The summed E-state index contributed by atoms with van der Waals surface area (Å²) in [6.07, 6.45) is -4.32. The van der Waals surface area contributed by atoms with Gasteiger partial charge in [0.25, 0.3) is 5.91 Å². The number of rotatable bonds is 2. The number of aromatic nitrogens is 1. The number of H-pyrrole nitrogens is 1. The first-order valence-corrected chi connectivity index (χ1v) is 9.70. The first-order chi connectivity index (χ1) is 14.2. The number of hydrogen-bond donors (Lipinski definition) is 1. The fourth-order valence-corrected chi connectivity index (χ4v) is 4.76. The highest BCUT2D eigenvalue weighted by molar-refractivity contribution is 7.80. The van der Waals surface area contributed by atoms with Gasteiger partial charge >= 0.3 is 6.36 Å². The number of halogens is 3. The van der Waals surface area contributed by atoms with Crippen molar-refractivity contribution >= 4 is 34.1 Å². The van der Waals surface area contributed by atoms with Crippen LogP contribution in [0.25, 0.3) is 10.9 Å². The molecule has 0 spiro atoms. The second-order valence-corrected chi connectivity index (χ2v) is 7.76. The maximum absolute atomic E-state index is 12.9. The fraction of sp³-hybridized carbons (Fsp3) is 0.238. The third kappa shape index (κ3) is 2.84. The summed E-state index contributed by atoms with van der Waals surface area (Å²) in [6.45, 7) is 0. The van der Waals surface area contributed by atoms with Crippen LogP contribution >= 0.6 is 12.2 Å². The smallest absolute Gasteiger partial charge is 0.406 e. The van der Waals surface area contributed by atoms with Gasteiger partial charge in [0.15, 0.2) is 5.11 Å². The van der Waals surface area contributed by atoms with Crippen LogP contribution in [0.3, 0.4) is 0 Å². The lowest BCUT2D eigenvalue weighted by atomic mass is 9.89. The molecule has 1 saturated heterocycles. The van der Waals surface area contributed by atoms with Crippen LogP contribution in [0.5, 0.6) is 5.75 Å². The maximum atomic E-state index is 12.9. The quantitative estimate of drug-likeness (QED) is 0.620. The Balaban J connectivity index is 1.70. The Morgan fingerprint density at radius 2 is 1.93 bits per heavy atom. The van der Waals surface area contributed by atoms with Crippen LogP contribution in [-0.2, 0) is 11.2 Å². The van der Waals surface area contributed by atoms with Gasteiger partial charge in [-0.15, -0.1) is 13.2 Å². The zero-order chi connectivity index (χ0) is 21.2. The highest BCUT2D eigenvalue weighted by Gasteiger charge is 2.49. The minimum Gasteiger partial charge on any atom is -0.406 e. The molecule has 5 nitrogen and oxygen atoms in total. The van der Waals surface area contributed by atoms with Crippen molar-refractivity contribution in [2.45, 2.75) is 24.9 Å². The Kier molecular flexibility index (Phi) is 4.08. The molecule has 1 fully saturated rings. The van der Waals surface area contributed by atoms with Gasteiger partial charge in [0.05, 0.1) is 6.04 Å². The molecule has 1 amide bonds. The molecule has 2 aliphatic heterocycles. The Morgan fingerprint density at radius 1 is 1.17 bits per heavy atom. The van der Waals surface area contributed by atoms with Crippen molar-refractivity contribution in [3.05, 3.63) is 65.4 Å². The van der Waals surface area contributed by atoms with E-state index in [0.29, 0.717) is 17.1 Å². The Morgan fingerprint density at radius 3 is 2.70 bits per heavy atom. The van der Waals surface area contributed by atoms with E-state index >= 15 is 0 Å². The van der Waals surface area contributed by atoms with Crippen molar-refractivity contribution in [1.29, 1.82) is 0 Å². The molecule has 2 aromatic carbocycles. The lowest BCUT2D eigenvalue weighted by Gasteiger charge is -2.37. The summed E-state index contributed by atoms with van der Waals surface area (Å²) in [5.74, 6) is -0.437. The number of aromatic amines is 1. The molecule has 0 saturated carbocycles. The zero-order valence-electron chi connectivity index (χ0n) is 15.7. The van der Waals surface area contributed by atoms with Gasteiger partial charge in [0.2, 0.25) is 0 Å². The molecule has 30 heavy (non-hydrogen) atoms. The number of carbonyl (C=O) groups excluding carboxylic acids is 1. The van der Waals surface area contributed by atoms with Crippen molar-refractivity contribution in [1.82, 2.24) is 14.8 Å². The van der Waals surface area contributed by atoms with E-state index in [9.17, 15) is 18.0 Å². The number of benzene rings is 2. The van der Waals surface area contributed by atoms with Gasteiger partial charge in [0, 0.05) is 30.1 Å². The minimum absolute atomic E-state index is 0.122. The van der Waals surface area contributed by atoms with E-state index in [4.69, 9.17) is 12.2 Å². The maximum Gasteiger partial charge on any atom is 0.573 e. The molecule has 9 heteroatoms. The largest absolute Gasteiger partial charge is 0.573 e. The first kappa shape index (κ1) is 18.9. The number of ether oxygens (including phenoxy) is 1. The van der Waals surface area contributed by atoms with Crippen molar-refractivity contribution < 1.29 is 22.7 Å². The van der Waals surface area contributed by atoms with E-state index in [0.717, 1.165) is 22.2 Å². The lowest BCUT2D eigenvalue weighted by Crippen LogP contribution is -2.44. The highest BCUT2D eigenvalue weighted by Crippen LogP contribution is 2.44. The molecular formula is C21H16F3N3O2S. The molecular weight excluding hydrogens is 415 g/mol. The van der Waals surface area contributed by atoms with Gasteiger partial charge in [-0.05, 0) is 41.5 Å². The molecule has 3 heterocycles. The second kappa shape index (κ2) is 6.46. The average molecular weight is 431 g/mol. The molecule has 2 aliphatic rings. The van der Waals surface area contributed by atoms with Gasteiger partial charge in [0.1, 0.15) is 11.8 Å². The van der Waals surface area contributed by atoms with E-state index in [2.05, 4.69) is 9.72 Å². The molecule has 154 valence electrons. The van der Waals surface area contributed by atoms with Crippen LogP contribution in [0.4, 0.5) is 13.2 Å². The number of nitrogens with one attached hydrogen (secondary N) is 1. The molecule has 5 rings (SSSR count). The van der Waals surface area contributed by atoms with Crippen molar-refractivity contribution in [2.24, 2.45) is 0 Å². The molecule has 1 N–H and O–H groups in total. The number of fused-ring (bicyclic) bond motifs is 4. The summed E-state index contributed by atoms with van der Waals surface area (Å²) in [4.78, 5) is 19.5. The van der Waals surface area contributed by atoms with E-state index < -0.39 is 18.4 Å². The topological polar surface area (TPSA) is 48.6 Å². The average Bonchev–Trinajstić information content (AvgIpc) is 3.17. The van der Waals surface area contributed by atoms with E-state index in [-0.39, 0.29) is 11.7 Å². The number of likely N-dealkylation sites (N-methyl/N-ethyl adjacent to an activating group) is 1. The number of nitrogens with zero attached hydrogens (tertiary/aromatic N) is 2. The Bertz CT molecular complexity index is 1190. The van der Waals surface area contributed by atoms with Gasteiger partial charge < -0.3 is 14.6 Å². The van der Waals surface area contributed by atoms with Crippen LogP contribution in [0, 0.1) is 0 Å². The molecule has 0 unspecified atom stereocenters. The molecule has 0 radical (unpaired) electrons. The molecule has 0 aliphatic carbocycles. The zero-order valence-corrected chi connectivity index (χ0v) is 16.6. The van der Waals surface area contributed by atoms with Gasteiger partial charge in [-0.2, -0.15) is 0 Å². The minimum atomic E-state index is -4.79. The van der Waals surface area contributed by atoms with Crippen molar-refractivity contribution in [3.8, 4) is 5.75 Å². The standard InChI is InChI=1S/C21H16F3N3O2S/c1-26-19(28)16-10-14-13-7-2-3-8-15(13)25-17(14)18(27(16)20(26)30)11-5-4-6-12(9-11)29-21(22,23)24/h2-9,16,18,25H,10H2,1H3/t16-,18-/m0/s1. The number of alkyl halides is 3. The molecule has 3 aromatic rings. The van der Waals surface area contributed by atoms with Gasteiger partial charge in [-0.1, -0.05) is 30.3 Å². The van der Waals surface area contributed by atoms with Crippen LogP contribution in [-0.4, -0.2) is 45.3 Å². The van der Waals surface area contributed by atoms with Crippen LogP contribution < -0.4 is 4.74 Å². The predicted molar refractivity (Wildman–Crippen MR) is 108 cm³/mol. The monoisotopic (exact) mass is 431 g/mol. The summed E-state index contributed by atoms with van der Waals surface area (Å²) in [5.41, 5.74) is 3.26. The van der Waals surface area contributed by atoms with E-state index in [1.165, 1.54) is 23.1 Å². The molecule has 1 aromatic heterocycles. The number of para-hydroxylation sites is 1. The second-order valence-electron chi connectivity index (χ2n) is 7.39. The third-order valence-corrected chi connectivity index (χ3v) is 6.15. The van der Waals surface area contributed by atoms with Crippen LogP contribution in [0.15, 0.2) is 48.5 Å². The lowest BCUT2D eigenvalue weighted by molar-refractivity contribution is -0.274.